The first-order valence-corrected chi connectivity index (χ1v) is 8.53. The highest BCUT2D eigenvalue weighted by atomic mass is 15.4. The van der Waals surface area contributed by atoms with Gasteiger partial charge in [0.15, 0.2) is 5.82 Å². The van der Waals surface area contributed by atoms with Gasteiger partial charge in [-0.15, -0.1) is 0 Å². The highest BCUT2D eigenvalue weighted by Crippen LogP contribution is 2.22. The summed E-state index contributed by atoms with van der Waals surface area (Å²) in [6.45, 7) is 7.96. The molecule has 0 amide bonds. The molecule has 0 aliphatic heterocycles. The zero-order valence-electron chi connectivity index (χ0n) is 15.3. The van der Waals surface area contributed by atoms with Crippen LogP contribution in [-0.2, 0) is 0 Å². The number of hydrogen-bond acceptors (Lipinski definition) is 4. The van der Waals surface area contributed by atoms with Crippen LogP contribution in [0, 0.1) is 27.7 Å². The van der Waals surface area contributed by atoms with Crippen molar-refractivity contribution in [2.75, 3.05) is 0 Å². The molecule has 6 nitrogen and oxygen atoms in total. The first kappa shape index (κ1) is 16.2. The molecule has 0 bridgehead atoms. The molecule has 0 saturated heterocycles. The minimum absolute atomic E-state index is 0.541. The topological polar surface area (TPSA) is 61.4 Å². The van der Waals surface area contributed by atoms with Gasteiger partial charge in [-0.2, -0.15) is 15.2 Å². The Morgan fingerprint density at radius 3 is 1.88 bits per heavy atom. The first-order valence-electron chi connectivity index (χ1n) is 8.53. The number of rotatable bonds is 3. The van der Waals surface area contributed by atoms with Crippen molar-refractivity contribution in [3.05, 3.63) is 71.3 Å². The summed E-state index contributed by atoms with van der Waals surface area (Å²) in [7, 11) is 0. The Kier molecular flexibility index (Phi) is 3.88. The summed E-state index contributed by atoms with van der Waals surface area (Å²) >= 11 is 0. The molecule has 26 heavy (non-hydrogen) atoms. The van der Waals surface area contributed by atoms with Crippen molar-refractivity contribution in [2.45, 2.75) is 27.7 Å². The van der Waals surface area contributed by atoms with E-state index in [9.17, 15) is 0 Å². The summed E-state index contributed by atoms with van der Waals surface area (Å²) < 4.78 is 3.62. The van der Waals surface area contributed by atoms with E-state index < -0.39 is 0 Å². The third-order valence-electron chi connectivity index (χ3n) is 4.20. The van der Waals surface area contributed by atoms with E-state index in [1.807, 2.05) is 80.9 Å². The van der Waals surface area contributed by atoms with Crippen LogP contribution in [0.2, 0.25) is 0 Å². The van der Waals surface area contributed by atoms with Crippen LogP contribution < -0.4 is 0 Å². The van der Waals surface area contributed by atoms with Crippen molar-refractivity contribution in [3.63, 3.8) is 0 Å². The summed E-state index contributed by atoms with van der Waals surface area (Å²) in [6.07, 6.45) is 0. The first-order chi connectivity index (χ1) is 12.5. The Labute approximate surface area is 152 Å². The molecule has 1 aromatic carbocycles. The quantitative estimate of drug-likeness (QED) is 0.568. The van der Waals surface area contributed by atoms with E-state index in [1.165, 1.54) is 0 Å². The average molecular weight is 344 g/mol. The summed E-state index contributed by atoms with van der Waals surface area (Å²) in [5.41, 5.74) is 5.77. The molecule has 4 aromatic rings. The van der Waals surface area contributed by atoms with Crippen LogP contribution in [0.5, 0.6) is 0 Å². The predicted molar refractivity (Wildman–Crippen MR) is 101 cm³/mol. The second-order valence-corrected chi connectivity index (χ2v) is 6.46. The van der Waals surface area contributed by atoms with Gasteiger partial charge in [0.1, 0.15) is 0 Å². The lowest BCUT2D eigenvalue weighted by atomic mass is 10.1. The van der Waals surface area contributed by atoms with Gasteiger partial charge < -0.3 is 0 Å². The third-order valence-corrected chi connectivity index (χ3v) is 4.20. The molecular weight excluding hydrogens is 324 g/mol. The van der Waals surface area contributed by atoms with E-state index in [4.69, 9.17) is 9.97 Å². The second-order valence-electron chi connectivity index (χ2n) is 6.46. The SMILES string of the molecule is Cc1cc(C)n(-c2cc(-c3ccccc3)nc(-n3nc(C)cc3C)n2)n1. The molecule has 0 spiro atoms. The molecule has 130 valence electrons. The molecular formula is C20H20N6. The van der Waals surface area contributed by atoms with E-state index >= 15 is 0 Å². The minimum Gasteiger partial charge on any atom is -0.219 e. The molecule has 3 heterocycles. The van der Waals surface area contributed by atoms with Gasteiger partial charge in [-0.25, -0.2) is 14.3 Å². The fourth-order valence-corrected chi connectivity index (χ4v) is 3.07. The normalized spacial score (nSPS) is 11.1. The molecule has 0 atom stereocenters. The lowest BCUT2D eigenvalue weighted by Gasteiger charge is -2.10. The van der Waals surface area contributed by atoms with E-state index in [-0.39, 0.29) is 0 Å². The van der Waals surface area contributed by atoms with Gasteiger partial charge in [-0.05, 0) is 39.8 Å². The standard InChI is InChI=1S/C20H20N6/c1-13-10-15(3)25(23-13)19-12-18(17-8-6-5-7-9-17)21-20(22-19)26-16(4)11-14(2)24-26/h5-12H,1-4H3. The number of benzene rings is 1. The minimum atomic E-state index is 0.541. The lowest BCUT2D eigenvalue weighted by molar-refractivity contribution is 0.744. The Morgan fingerprint density at radius 2 is 1.31 bits per heavy atom. The Morgan fingerprint density at radius 1 is 0.692 bits per heavy atom. The van der Waals surface area contributed by atoms with Crippen molar-refractivity contribution in [1.82, 2.24) is 29.5 Å². The van der Waals surface area contributed by atoms with Crippen LogP contribution in [0.1, 0.15) is 22.8 Å². The maximum absolute atomic E-state index is 4.76. The molecule has 0 aliphatic carbocycles. The van der Waals surface area contributed by atoms with E-state index in [0.29, 0.717) is 5.95 Å². The fourth-order valence-electron chi connectivity index (χ4n) is 3.07. The molecule has 0 N–H and O–H groups in total. The van der Waals surface area contributed by atoms with E-state index in [1.54, 1.807) is 4.68 Å². The fraction of sp³-hybridized carbons (Fsp3) is 0.200. The van der Waals surface area contributed by atoms with Crippen molar-refractivity contribution >= 4 is 0 Å². The zero-order valence-corrected chi connectivity index (χ0v) is 15.3. The summed E-state index contributed by atoms with van der Waals surface area (Å²) in [6, 6.07) is 16.1. The number of aromatic nitrogens is 6. The molecule has 3 aromatic heterocycles. The van der Waals surface area contributed by atoms with Crippen molar-refractivity contribution in [1.29, 1.82) is 0 Å². The maximum atomic E-state index is 4.76. The number of nitrogens with zero attached hydrogens (tertiary/aromatic N) is 6. The summed E-state index contributed by atoms with van der Waals surface area (Å²) in [4.78, 5) is 9.50. The molecule has 0 radical (unpaired) electrons. The average Bonchev–Trinajstić information content (AvgIpc) is 3.15. The monoisotopic (exact) mass is 344 g/mol. The lowest BCUT2D eigenvalue weighted by Crippen LogP contribution is -2.10. The van der Waals surface area contributed by atoms with Crippen molar-refractivity contribution in [3.8, 4) is 23.0 Å². The smallest absolute Gasteiger partial charge is 0.219 e. The molecule has 6 heteroatoms. The van der Waals surface area contributed by atoms with Gasteiger partial charge in [0.2, 0.25) is 0 Å². The van der Waals surface area contributed by atoms with Crippen LogP contribution in [0.25, 0.3) is 23.0 Å². The predicted octanol–water partition coefficient (Wildman–Crippen LogP) is 3.75. The van der Waals surface area contributed by atoms with Gasteiger partial charge in [-0.3, -0.25) is 0 Å². The van der Waals surface area contributed by atoms with Gasteiger partial charge in [0.05, 0.1) is 17.1 Å². The highest BCUT2D eigenvalue weighted by Gasteiger charge is 2.14. The van der Waals surface area contributed by atoms with Crippen LogP contribution in [-0.4, -0.2) is 29.5 Å². The van der Waals surface area contributed by atoms with Gasteiger partial charge in [0.25, 0.3) is 5.95 Å². The zero-order chi connectivity index (χ0) is 18.3. The van der Waals surface area contributed by atoms with Gasteiger partial charge in [-0.1, -0.05) is 30.3 Å². The molecule has 0 unspecified atom stereocenters. The number of aryl methyl sites for hydroxylation is 4. The van der Waals surface area contributed by atoms with Crippen LogP contribution in [0.15, 0.2) is 48.5 Å². The Balaban J connectivity index is 1.96. The molecule has 0 aliphatic rings. The molecule has 0 fully saturated rings. The van der Waals surface area contributed by atoms with Crippen molar-refractivity contribution in [2.24, 2.45) is 0 Å². The highest BCUT2D eigenvalue weighted by molar-refractivity contribution is 5.61. The van der Waals surface area contributed by atoms with Crippen LogP contribution >= 0.6 is 0 Å². The molecule has 0 saturated carbocycles. The second kappa shape index (κ2) is 6.22. The van der Waals surface area contributed by atoms with E-state index in [0.717, 1.165) is 39.9 Å². The van der Waals surface area contributed by atoms with Gasteiger partial charge in [0, 0.05) is 23.0 Å². The van der Waals surface area contributed by atoms with E-state index in [2.05, 4.69) is 10.2 Å². The van der Waals surface area contributed by atoms with Crippen LogP contribution in [0.4, 0.5) is 0 Å². The number of hydrogen-bond donors (Lipinski definition) is 0. The molecule has 4 rings (SSSR count). The summed E-state index contributed by atoms with van der Waals surface area (Å²) in [5.74, 6) is 1.27. The summed E-state index contributed by atoms with van der Waals surface area (Å²) in [5, 5.41) is 9.11. The van der Waals surface area contributed by atoms with Crippen molar-refractivity contribution < 1.29 is 0 Å². The Bertz CT molecular complexity index is 1010. The maximum Gasteiger partial charge on any atom is 0.253 e. The van der Waals surface area contributed by atoms with Crippen LogP contribution in [0.3, 0.4) is 0 Å². The Hall–Kier alpha value is -3.28. The van der Waals surface area contributed by atoms with Gasteiger partial charge >= 0.3 is 0 Å². The third kappa shape index (κ3) is 2.90. The largest absolute Gasteiger partial charge is 0.253 e.